The number of phenolic OH excluding ortho intramolecular Hbond substituents is 2. The molecule has 7 rings (SSSR count). The highest BCUT2D eigenvalue weighted by Gasteiger charge is 2.60. The summed E-state index contributed by atoms with van der Waals surface area (Å²) < 4.78 is 12.5. The molecule has 0 aromatic heterocycles. The number of nitrogen functional groups attached to an aromatic ring is 2. The normalized spacial score (nSPS) is 30.3. The molecule has 188 valence electrons. The number of phenols is 2. The SMILES string of the molecule is CC12CC3CC(C)(C1)CC(c1ccc(Oc4ccc(N)c(O)c4)c(Oc4ccc(N)c(O)c4)c1)(C3)C2. The number of ether oxygens (including phenoxy) is 2. The zero-order valence-corrected chi connectivity index (χ0v) is 20.9. The van der Waals surface area contributed by atoms with Crippen molar-refractivity contribution in [1.82, 2.24) is 0 Å². The number of nitrogens with two attached hydrogens (primary N) is 2. The van der Waals surface area contributed by atoms with Gasteiger partial charge in [-0.1, -0.05) is 19.9 Å². The zero-order valence-electron chi connectivity index (χ0n) is 20.9. The van der Waals surface area contributed by atoms with Gasteiger partial charge in [-0.25, -0.2) is 0 Å². The number of rotatable bonds is 5. The third kappa shape index (κ3) is 3.89. The summed E-state index contributed by atoms with van der Waals surface area (Å²) in [6.07, 6.45) is 7.58. The molecule has 4 bridgehead atoms. The van der Waals surface area contributed by atoms with Gasteiger partial charge in [0.25, 0.3) is 0 Å². The summed E-state index contributed by atoms with van der Waals surface area (Å²) in [5.41, 5.74) is 14.3. The molecule has 0 heterocycles. The van der Waals surface area contributed by atoms with E-state index in [1.165, 1.54) is 56.2 Å². The lowest BCUT2D eigenvalue weighted by molar-refractivity contribution is -0.110. The number of aromatic hydroxyl groups is 2. The first-order valence-corrected chi connectivity index (χ1v) is 12.7. The Labute approximate surface area is 211 Å². The van der Waals surface area contributed by atoms with Crippen LogP contribution in [0.4, 0.5) is 11.4 Å². The largest absolute Gasteiger partial charge is 0.506 e. The minimum Gasteiger partial charge on any atom is -0.506 e. The summed E-state index contributed by atoms with van der Waals surface area (Å²) in [5.74, 6) is 2.69. The van der Waals surface area contributed by atoms with Gasteiger partial charge in [0.15, 0.2) is 11.5 Å². The fourth-order valence-electron chi connectivity index (χ4n) is 8.20. The molecular weight excluding hydrogens is 452 g/mol. The van der Waals surface area contributed by atoms with Crippen molar-refractivity contribution in [1.29, 1.82) is 0 Å². The Morgan fingerprint density at radius 2 is 1.25 bits per heavy atom. The van der Waals surface area contributed by atoms with Crippen molar-refractivity contribution in [3.63, 3.8) is 0 Å². The van der Waals surface area contributed by atoms with Crippen molar-refractivity contribution >= 4 is 11.4 Å². The molecule has 0 aliphatic heterocycles. The summed E-state index contributed by atoms with van der Waals surface area (Å²) in [5, 5.41) is 20.2. The molecule has 0 amide bonds. The maximum atomic E-state index is 10.1. The van der Waals surface area contributed by atoms with E-state index < -0.39 is 0 Å². The summed E-state index contributed by atoms with van der Waals surface area (Å²) in [4.78, 5) is 0. The van der Waals surface area contributed by atoms with Gasteiger partial charge in [0.2, 0.25) is 0 Å². The van der Waals surface area contributed by atoms with Gasteiger partial charge in [-0.2, -0.15) is 0 Å². The summed E-state index contributed by atoms with van der Waals surface area (Å²) in [6.45, 7) is 4.95. The van der Waals surface area contributed by atoms with Crippen LogP contribution in [0.1, 0.15) is 57.9 Å². The smallest absolute Gasteiger partial charge is 0.170 e. The molecular formula is C30H34N2O4. The van der Waals surface area contributed by atoms with Gasteiger partial charge < -0.3 is 31.2 Å². The van der Waals surface area contributed by atoms with Crippen LogP contribution in [0, 0.1) is 16.7 Å². The first-order valence-electron chi connectivity index (χ1n) is 12.7. The van der Waals surface area contributed by atoms with Crippen LogP contribution in [-0.2, 0) is 5.41 Å². The Hall–Kier alpha value is -3.54. The molecule has 36 heavy (non-hydrogen) atoms. The van der Waals surface area contributed by atoms with E-state index in [1.807, 2.05) is 6.07 Å². The fraction of sp³-hybridized carbons (Fsp3) is 0.400. The van der Waals surface area contributed by atoms with E-state index in [1.54, 1.807) is 24.3 Å². The lowest BCUT2D eigenvalue weighted by Crippen LogP contribution is -2.56. The number of anilines is 2. The van der Waals surface area contributed by atoms with Crippen LogP contribution in [-0.4, -0.2) is 10.2 Å². The molecule has 6 N–H and O–H groups in total. The molecule has 0 saturated heterocycles. The topological polar surface area (TPSA) is 111 Å². The van der Waals surface area contributed by atoms with Gasteiger partial charge >= 0.3 is 0 Å². The van der Waals surface area contributed by atoms with Crippen molar-refractivity contribution < 1.29 is 19.7 Å². The molecule has 0 radical (unpaired) electrons. The first kappa shape index (κ1) is 22.9. The van der Waals surface area contributed by atoms with Crippen molar-refractivity contribution in [2.24, 2.45) is 16.7 Å². The second-order valence-electron chi connectivity index (χ2n) is 12.2. The van der Waals surface area contributed by atoms with E-state index in [9.17, 15) is 10.2 Å². The second-order valence-corrected chi connectivity index (χ2v) is 12.2. The predicted molar refractivity (Wildman–Crippen MR) is 141 cm³/mol. The minimum absolute atomic E-state index is 0.0310. The summed E-state index contributed by atoms with van der Waals surface area (Å²) in [7, 11) is 0. The monoisotopic (exact) mass is 486 g/mol. The molecule has 6 nitrogen and oxygen atoms in total. The quantitative estimate of drug-likeness (QED) is 0.226. The van der Waals surface area contributed by atoms with Crippen LogP contribution in [0.3, 0.4) is 0 Å². The molecule has 4 aliphatic rings. The van der Waals surface area contributed by atoms with E-state index in [2.05, 4.69) is 26.0 Å². The molecule has 6 heteroatoms. The molecule has 2 unspecified atom stereocenters. The molecule has 0 spiro atoms. The fourth-order valence-corrected chi connectivity index (χ4v) is 8.20. The van der Waals surface area contributed by atoms with Crippen LogP contribution in [0.2, 0.25) is 0 Å². The average Bonchev–Trinajstić information content (AvgIpc) is 2.77. The Morgan fingerprint density at radius 3 is 1.78 bits per heavy atom. The number of hydrogen-bond acceptors (Lipinski definition) is 6. The molecule has 4 saturated carbocycles. The minimum atomic E-state index is -0.0369. The zero-order chi connectivity index (χ0) is 25.3. The maximum absolute atomic E-state index is 10.1. The average molecular weight is 487 g/mol. The lowest BCUT2D eigenvalue weighted by atomic mass is 9.39. The van der Waals surface area contributed by atoms with Crippen LogP contribution in [0.25, 0.3) is 0 Å². The molecule has 3 aromatic carbocycles. The molecule has 2 atom stereocenters. The van der Waals surface area contributed by atoms with Crippen LogP contribution in [0.5, 0.6) is 34.5 Å². The van der Waals surface area contributed by atoms with E-state index in [0.717, 1.165) is 5.92 Å². The first-order chi connectivity index (χ1) is 17.0. The Balaban J connectivity index is 1.41. The second kappa shape index (κ2) is 7.73. The van der Waals surface area contributed by atoms with E-state index in [0.29, 0.717) is 39.5 Å². The van der Waals surface area contributed by atoms with Gasteiger partial charge in [0, 0.05) is 12.1 Å². The van der Waals surface area contributed by atoms with Crippen molar-refractivity contribution in [2.45, 2.75) is 57.8 Å². The standard InChI is InChI=1S/C30H34N2O4/c1-28-12-18-13-29(2,15-28)17-30(14-18,16-28)19-3-8-26(35-20-4-6-22(31)24(33)10-20)27(9-19)36-21-5-7-23(32)25(34)11-21/h3-11,18,33-34H,12-17,31-32H2,1-2H3. The highest BCUT2D eigenvalue weighted by atomic mass is 16.5. The maximum Gasteiger partial charge on any atom is 0.170 e. The Morgan fingerprint density at radius 1 is 0.694 bits per heavy atom. The van der Waals surface area contributed by atoms with Crippen LogP contribution < -0.4 is 20.9 Å². The number of hydrogen-bond donors (Lipinski definition) is 4. The van der Waals surface area contributed by atoms with Gasteiger partial charge in [0.05, 0.1) is 11.4 Å². The number of benzene rings is 3. The van der Waals surface area contributed by atoms with Crippen LogP contribution in [0.15, 0.2) is 54.6 Å². The highest BCUT2D eigenvalue weighted by molar-refractivity contribution is 5.58. The van der Waals surface area contributed by atoms with Crippen molar-refractivity contribution in [3.8, 4) is 34.5 Å². The van der Waals surface area contributed by atoms with E-state index in [4.69, 9.17) is 20.9 Å². The third-order valence-corrected chi connectivity index (χ3v) is 8.64. The molecule has 4 fully saturated rings. The highest BCUT2D eigenvalue weighted by Crippen LogP contribution is 2.70. The van der Waals surface area contributed by atoms with E-state index in [-0.39, 0.29) is 22.6 Å². The van der Waals surface area contributed by atoms with Crippen molar-refractivity contribution in [2.75, 3.05) is 11.5 Å². The summed E-state index contributed by atoms with van der Waals surface area (Å²) in [6, 6.07) is 15.9. The van der Waals surface area contributed by atoms with Gasteiger partial charge in [-0.3, -0.25) is 0 Å². The Kier molecular flexibility index (Phi) is 4.91. The third-order valence-electron chi connectivity index (χ3n) is 8.64. The van der Waals surface area contributed by atoms with Gasteiger partial charge in [-0.05, 0) is 103 Å². The lowest BCUT2D eigenvalue weighted by Gasteiger charge is -2.65. The molecule has 3 aromatic rings. The predicted octanol–water partition coefficient (Wildman–Crippen LogP) is 7.09. The van der Waals surface area contributed by atoms with E-state index >= 15 is 0 Å². The van der Waals surface area contributed by atoms with Gasteiger partial charge in [0.1, 0.15) is 23.0 Å². The summed E-state index contributed by atoms with van der Waals surface area (Å²) >= 11 is 0. The van der Waals surface area contributed by atoms with Gasteiger partial charge in [-0.15, -0.1) is 0 Å². The van der Waals surface area contributed by atoms with Crippen molar-refractivity contribution in [3.05, 3.63) is 60.2 Å². The Bertz CT molecular complexity index is 1330. The molecule has 4 aliphatic carbocycles. The van der Waals surface area contributed by atoms with Crippen LogP contribution >= 0.6 is 0 Å².